The predicted molar refractivity (Wildman–Crippen MR) is 183 cm³/mol. The third kappa shape index (κ3) is 6.09. The molecule has 4 aromatic rings. The second kappa shape index (κ2) is 13.4. The van der Waals surface area contributed by atoms with Crippen molar-refractivity contribution < 1.29 is 9.59 Å². The van der Waals surface area contributed by atoms with Crippen molar-refractivity contribution >= 4 is 34.8 Å². The quantitative estimate of drug-likeness (QED) is 0.243. The van der Waals surface area contributed by atoms with Gasteiger partial charge in [0.2, 0.25) is 0 Å². The fourth-order valence-corrected chi connectivity index (χ4v) is 7.10. The smallest absolute Gasteiger partial charge is 0.291 e. The Morgan fingerprint density at radius 1 is 0.783 bits per heavy atom. The van der Waals surface area contributed by atoms with Gasteiger partial charge >= 0.3 is 0 Å². The lowest BCUT2D eigenvalue weighted by molar-refractivity contribution is 0.100. The maximum atomic E-state index is 13.6. The second-order valence-electron chi connectivity index (χ2n) is 12.4. The maximum Gasteiger partial charge on any atom is 0.291 e. The lowest BCUT2D eigenvalue weighted by atomic mass is 9.94. The van der Waals surface area contributed by atoms with E-state index in [1.165, 1.54) is 0 Å². The van der Waals surface area contributed by atoms with Gasteiger partial charge in [0.05, 0.1) is 22.1 Å². The van der Waals surface area contributed by atoms with Gasteiger partial charge in [-0.3, -0.25) is 14.5 Å². The highest BCUT2D eigenvalue weighted by Crippen LogP contribution is 2.38. The first-order valence-corrected chi connectivity index (χ1v) is 16.6. The van der Waals surface area contributed by atoms with E-state index in [0.717, 1.165) is 110 Å². The van der Waals surface area contributed by atoms with Crippen LogP contribution < -0.4 is 10.6 Å². The van der Waals surface area contributed by atoms with Crippen molar-refractivity contribution in [2.75, 3.05) is 37.3 Å². The van der Waals surface area contributed by atoms with E-state index >= 15 is 0 Å². The topological polar surface area (TPSA) is 100 Å². The maximum absolute atomic E-state index is 13.6. The third-order valence-corrected chi connectivity index (χ3v) is 9.60. The van der Waals surface area contributed by atoms with Crippen LogP contribution in [-0.2, 0) is 46.4 Å². The van der Waals surface area contributed by atoms with Crippen LogP contribution in [0.3, 0.4) is 0 Å². The zero-order valence-electron chi connectivity index (χ0n) is 27.4. The van der Waals surface area contributed by atoms with E-state index in [0.29, 0.717) is 22.4 Å². The van der Waals surface area contributed by atoms with Crippen LogP contribution >= 0.6 is 11.6 Å². The highest BCUT2D eigenvalue weighted by molar-refractivity contribution is 6.36. The van der Waals surface area contributed by atoms with Crippen LogP contribution in [0.15, 0.2) is 36.4 Å². The predicted octanol–water partition coefficient (Wildman–Crippen LogP) is 5.69. The van der Waals surface area contributed by atoms with Crippen LogP contribution in [0, 0.1) is 0 Å². The van der Waals surface area contributed by atoms with Gasteiger partial charge < -0.3 is 24.7 Å². The summed E-state index contributed by atoms with van der Waals surface area (Å²) in [6.45, 7) is 8.71. The van der Waals surface area contributed by atoms with Gasteiger partial charge in [-0.05, 0) is 49.7 Å². The van der Waals surface area contributed by atoms with Gasteiger partial charge in [-0.25, -0.2) is 9.97 Å². The number of carbonyl (C=O) groups is 2. The summed E-state index contributed by atoms with van der Waals surface area (Å²) in [5.41, 5.74) is 8.05. The minimum absolute atomic E-state index is 0.239. The van der Waals surface area contributed by atoms with Gasteiger partial charge in [-0.2, -0.15) is 0 Å². The van der Waals surface area contributed by atoms with Gasteiger partial charge in [-0.1, -0.05) is 56.1 Å². The number of rotatable bonds is 9. The molecule has 0 fully saturated rings. The number of nitrogens with zero attached hydrogens (tertiary/aromatic N) is 6. The molecular formula is C35H43ClN8O2. The Bertz CT molecular complexity index is 1790. The average molecular weight is 643 g/mol. The molecule has 2 N–H and O–H groups in total. The standard InChI is InChI=1S/C35H43ClN8O2/c1-6-10-23-22(11-8-13-25(23)39-34(45)32-37-27-20-41(3)18-15-29(27)42(32)4)24-12-9-14-26(31(24)36)40-35(46)33-38-28-21-44(17-7-2)19-16-30(28)43(33)5/h8-9,11-14H,6-7,10,15-21H2,1-5H3,(H,39,45)(H,40,46). The molecule has 0 spiro atoms. The molecule has 0 unspecified atom stereocenters. The molecule has 0 bridgehead atoms. The Hall–Kier alpha value is -3.99. The fraction of sp³-hybridized carbons (Fsp3) is 0.429. The molecule has 242 valence electrons. The molecule has 46 heavy (non-hydrogen) atoms. The third-order valence-electron chi connectivity index (χ3n) is 9.19. The summed E-state index contributed by atoms with van der Waals surface area (Å²) < 4.78 is 3.83. The van der Waals surface area contributed by atoms with Crippen molar-refractivity contribution in [1.29, 1.82) is 0 Å². The van der Waals surface area contributed by atoms with E-state index in [2.05, 4.69) is 41.3 Å². The largest absolute Gasteiger partial charge is 0.327 e. The van der Waals surface area contributed by atoms with Gasteiger partial charge in [0.15, 0.2) is 11.6 Å². The van der Waals surface area contributed by atoms with Crippen LogP contribution in [0.2, 0.25) is 5.02 Å². The molecule has 0 atom stereocenters. The number of benzene rings is 2. The minimum Gasteiger partial charge on any atom is -0.327 e. The molecular weight excluding hydrogens is 600 g/mol. The summed E-state index contributed by atoms with van der Waals surface area (Å²) in [4.78, 5) is 41.1. The molecule has 0 saturated heterocycles. The number of halogens is 1. The molecule has 0 aliphatic carbocycles. The number of imidazole rings is 2. The van der Waals surface area contributed by atoms with E-state index in [1.807, 2.05) is 53.6 Å². The van der Waals surface area contributed by atoms with E-state index in [4.69, 9.17) is 21.6 Å². The van der Waals surface area contributed by atoms with E-state index in [-0.39, 0.29) is 11.8 Å². The molecule has 4 heterocycles. The lowest BCUT2D eigenvalue weighted by Gasteiger charge is -2.25. The number of amides is 2. The molecule has 2 amide bonds. The molecule has 6 rings (SSSR count). The number of carbonyl (C=O) groups excluding carboxylic acids is 2. The molecule has 0 radical (unpaired) electrons. The Labute approximate surface area is 275 Å². The molecule has 2 aromatic carbocycles. The first-order chi connectivity index (χ1) is 22.2. The lowest BCUT2D eigenvalue weighted by Crippen LogP contribution is -2.31. The molecule has 2 aromatic heterocycles. The number of hydrogen-bond acceptors (Lipinski definition) is 6. The number of fused-ring (bicyclic) bond motifs is 2. The number of anilines is 2. The molecule has 0 saturated carbocycles. The van der Waals surface area contributed by atoms with Crippen molar-refractivity contribution in [1.82, 2.24) is 28.9 Å². The number of likely N-dealkylation sites (N-methyl/N-ethyl adjacent to an activating group) is 1. The summed E-state index contributed by atoms with van der Waals surface area (Å²) in [5.74, 6) is 0.252. The van der Waals surface area contributed by atoms with Crippen LogP contribution in [0.5, 0.6) is 0 Å². The summed E-state index contributed by atoms with van der Waals surface area (Å²) in [6, 6.07) is 11.5. The Morgan fingerprint density at radius 3 is 2.02 bits per heavy atom. The van der Waals surface area contributed by atoms with E-state index < -0.39 is 0 Å². The van der Waals surface area contributed by atoms with E-state index in [9.17, 15) is 9.59 Å². The normalized spacial score (nSPS) is 15.0. The van der Waals surface area contributed by atoms with Gasteiger partial charge in [0.1, 0.15) is 0 Å². The molecule has 10 nitrogen and oxygen atoms in total. The number of aromatic nitrogens is 4. The van der Waals surface area contributed by atoms with Crippen molar-refractivity contribution in [2.24, 2.45) is 14.1 Å². The molecule has 2 aliphatic heterocycles. The Morgan fingerprint density at radius 2 is 1.37 bits per heavy atom. The summed E-state index contributed by atoms with van der Waals surface area (Å²) in [6.07, 6.45) is 4.42. The SMILES string of the molecule is CCCc1c(NC(=O)c2nc3c(n2C)CCN(C)C3)cccc1-c1cccc(NC(=O)c2nc3c(n2C)CCN(CCC)C3)c1Cl. The number of nitrogens with one attached hydrogen (secondary N) is 2. The van der Waals surface area contributed by atoms with E-state index in [1.54, 1.807) is 6.07 Å². The van der Waals surface area contributed by atoms with Crippen LogP contribution in [0.1, 0.15) is 76.3 Å². The van der Waals surface area contributed by atoms with Crippen LogP contribution in [0.25, 0.3) is 11.1 Å². The summed E-state index contributed by atoms with van der Waals surface area (Å²) in [5, 5.41) is 6.61. The number of hydrogen-bond donors (Lipinski definition) is 2. The molecule has 2 aliphatic rings. The van der Waals surface area contributed by atoms with Crippen LogP contribution in [0.4, 0.5) is 11.4 Å². The van der Waals surface area contributed by atoms with Crippen molar-refractivity contribution in [2.45, 2.75) is 59.0 Å². The van der Waals surface area contributed by atoms with Crippen molar-refractivity contribution in [3.8, 4) is 11.1 Å². The summed E-state index contributed by atoms with van der Waals surface area (Å²) >= 11 is 7.03. The monoisotopic (exact) mass is 642 g/mol. The van der Waals surface area contributed by atoms with Crippen molar-refractivity contribution in [3.05, 3.63) is 81.4 Å². The van der Waals surface area contributed by atoms with Gasteiger partial charge in [0.25, 0.3) is 11.8 Å². The second-order valence-corrected chi connectivity index (χ2v) is 12.8. The van der Waals surface area contributed by atoms with Crippen LogP contribution in [-0.4, -0.2) is 67.4 Å². The fourth-order valence-electron chi connectivity index (χ4n) is 6.82. The zero-order chi connectivity index (χ0) is 32.5. The Balaban J connectivity index is 1.27. The minimum atomic E-state index is -0.295. The zero-order valence-corrected chi connectivity index (χ0v) is 28.2. The summed E-state index contributed by atoms with van der Waals surface area (Å²) in [7, 11) is 5.89. The first-order valence-electron chi connectivity index (χ1n) is 16.2. The highest BCUT2D eigenvalue weighted by Gasteiger charge is 2.27. The molecule has 11 heteroatoms. The Kier molecular flexibility index (Phi) is 9.31. The highest BCUT2D eigenvalue weighted by atomic mass is 35.5. The van der Waals surface area contributed by atoms with Crippen molar-refractivity contribution in [3.63, 3.8) is 0 Å². The van der Waals surface area contributed by atoms with Gasteiger partial charge in [0, 0.05) is 75.8 Å². The average Bonchev–Trinajstić information content (AvgIpc) is 3.54. The first kappa shape index (κ1) is 32.0. The van der Waals surface area contributed by atoms with Gasteiger partial charge in [-0.15, -0.1) is 0 Å².